The van der Waals surface area contributed by atoms with Crippen molar-refractivity contribution >= 4 is 11.9 Å². The summed E-state index contributed by atoms with van der Waals surface area (Å²) >= 11 is 0. The number of esters is 2. The lowest BCUT2D eigenvalue weighted by Crippen LogP contribution is -2.27. The highest BCUT2D eigenvalue weighted by atomic mass is 16.5. The highest BCUT2D eigenvalue weighted by molar-refractivity contribution is 5.73. The van der Waals surface area contributed by atoms with E-state index in [0.717, 1.165) is 12.0 Å². The van der Waals surface area contributed by atoms with Gasteiger partial charge in [-0.25, -0.2) is 0 Å². The fourth-order valence-electron chi connectivity index (χ4n) is 2.22. The SMILES string of the molecule is COC(=O)[C@@H](CC=C(C)C)[C@H](C)O.COC(=O)[C@@H](CCC(C)C)[C@H](C)O. The minimum Gasteiger partial charge on any atom is -0.469 e. The Bertz CT molecular complexity index is 422. The predicted molar refractivity (Wildman–Crippen MR) is 102 cm³/mol. The molecule has 0 aliphatic rings. The molecular weight excluding hydrogens is 336 g/mol. The smallest absolute Gasteiger partial charge is 0.311 e. The van der Waals surface area contributed by atoms with Gasteiger partial charge in [-0.3, -0.25) is 9.59 Å². The van der Waals surface area contributed by atoms with E-state index in [1.54, 1.807) is 13.8 Å². The second kappa shape index (κ2) is 14.7. The summed E-state index contributed by atoms with van der Waals surface area (Å²) in [6.45, 7) is 11.3. The van der Waals surface area contributed by atoms with E-state index in [0.29, 0.717) is 18.8 Å². The van der Waals surface area contributed by atoms with Crippen LogP contribution < -0.4 is 0 Å². The van der Waals surface area contributed by atoms with E-state index in [2.05, 4.69) is 23.3 Å². The lowest BCUT2D eigenvalue weighted by atomic mass is 9.94. The molecule has 0 rings (SSSR count). The lowest BCUT2D eigenvalue weighted by Gasteiger charge is -2.17. The Labute approximate surface area is 158 Å². The molecule has 6 heteroatoms. The standard InChI is InChI=1S/C10H20O3.C10H18O3/c2*1-7(2)5-6-9(8(3)11)10(12)13-4/h7-9,11H,5-6H2,1-4H3;5,8-9,11H,6H2,1-4H3/t2*8-,9-/m00/s1. The van der Waals surface area contributed by atoms with Crippen molar-refractivity contribution in [1.29, 1.82) is 0 Å². The molecule has 0 fully saturated rings. The summed E-state index contributed by atoms with van der Waals surface area (Å²) in [5, 5.41) is 18.6. The van der Waals surface area contributed by atoms with Gasteiger partial charge in [0.15, 0.2) is 0 Å². The highest BCUT2D eigenvalue weighted by Gasteiger charge is 2.24. The van der Waals surface area contributed by atoms with Gasteiger partial charge in [0, 0.05) is 0 Å². The molecule has 0 aromatic rings. The summed E-state index contributed by atoms with van der Waals surface area (Å²) in [6, 6.07) is 0. The Morgan fingerprint density at radius 2 is 1.27 bits per heavy atom. The third-order valence-corrected chi connectivity index (χ3v) is 4.01. The van der Waals surface area contributed by atoms with Gasteiger partial charge in [-0.05, 0) is 46.5 Å². The Balaban J connectivity index is 0. The molecule has 0 saturated heterocycles. The van der Waals surface area contributed by atoms with Crippen molar-refractivity contribution in [2.24, 2.45) is 17.8 Å². The van der Waals surface area contributed by atoms with Gasteiger partial charge < -0.3 is 19.7 Å². The lowest BCUT2D eigenvalue weighted by molar-refractivity contribution is -0.150. The number of methoxy groups -OCH3 is 2. The van der Waals surface area contributed by atoms with Gasteiger partial charge >= 0.3 is 11.9 Å². The van der Waals surface area contributed by atoms with Crippen molar-refractivity contribution in [2.45, 2.75) is 73.0 Å². The first-order chi connectivity index (χ1) is 12.0. The maximum absolute atomic E-state index is 11.2. The van der Waals surface area contributed by atoms with Gasteiger partial charge in [0.1, 0.15) is 0 Å². The van der Waals surface area contributed by atoms with Crippen LogP contribution in [0.1, 0.15) is 60.8 Å². The normalized spacial score (nSPS) is 15.0. The Morgan fingerprint density at radius 3 is 1.58 bits per heavy atom. The molecule has 4 atom stereocenters. The predicted octanol–water partition coefficient (Wildman–Crippen LogP) is 3.11. The maximum Gasteiger partial charge on any atom is 0.311 e. The van der Waals surface area contributed by atoms with Gasteiger partial charge in [-0.1, -0.05) is 31.9 Å². The van der Waals surface area contributed by atoms with Crippen molar-refractivity contribution in [1.82, 2.24) is 0 Å². The third-order valence-electron chi connectivity index (χ3n) is 4.01. The van der Waals surface area contributed by atoms with Crippen LogP contribution in [0.25, 0.3) is 0 Å². The molecule has 6 nitrogen and oxygen atoms in total. The molecule has 0 aromatic heterocycles. The van der Waals surface area contributed by atoms with Gasteiger partial charge in [-0.2, -0.15) is 0 Å². The first-order valence-electron chi connectivity index (χ1n) is 9.12. The first kappa shape index (κ1) is 26.8. The summed E-state index contributed by atoms with van der Waals surface area (Å²) in [5.74, 6) is -0.929. The average molecular weight is 375 g/mol. The second-order valence-corrected chi connectivity index (χ2v) is 7.23. The number of allylic oxidation sites excluding steroid dienone is 2. The van der Waals surface area contributed by atoms with Crippen LogP contribution in [-0.2, 0) is 19.1 Å². The molecule has 0 radical (unpaired) electrons. The Hall–Kier alpha value is -1.40. The third kappa shape index (κ3) is 12.9. The second-order valence-electron chi connectivity index (χ2n) is 7.23. The van der Waals surface area contributed by atoms with Crippen LogP contribution in [0.2, 0.25) is 0 Å². The highest BCUT2D eigenvalue weighted by Crippen LogP contribution is 2.17. The Kier molecular flexibility index (Phi) is 15.2. The number of rotatable bonds is 9. The van der Waals surface area contributed by atoms with Gasteiger partial charge in [-0.15, -0.1) is 0 Å². The van der Waals surface area contributed by atoms with Crippen molar-refractivity contribution in [2.75, 3.05) is 14.2 Å². The monoisotopic (exact) mass is 374 g/mol. The van der Waals surface area contributed by atoms with Crippen LogP contribution in [0.4, 0.5) is 0 Å². The fraction of sp³-hybridized carbons (Fsp3) is 0.800. The molecule has 0 bridgehead atoms. The number of ether oxygens (including phenoxy) is 2. The zero-order valence-electron chi connectivity index (χ0n) is 17.6. The van der Waals surface area contributed by atoms with E-state index in [4.69, 9.17) is 0 Å². The van der Waals surface area contributed by atoms with Crippen molar-refractivity contribution < 1.29 is 29.3 Å². The molecule has 26 heavy (non-hydrogen) atoms. The van der Waals surface area contributed by atoms with Gasteiger partial charge in [0.25, 0.3) is 0 Å². The molecular formula is C20H38O6. The van der Waals surface area contributed by atoms with E-state index < -0.39 is 18.1 Å². The molecule has 0 saturated carbocycles. The number of aliphatic hydroxyl groups excluding tert-OH is 2. The van der Waals surface area contributed by atoms with E-state index in [1.165, 1.54) is 14.2 Å². The first-order valence-corrected chi connectivity index (χ1v) is 9.12. The summed E-state index contributed by atoms with van der Waals surface area (Å²) in [7, 11) is 2.69. The fourth-order valence-corrected chi connectivity index (χ4v) is 2.22. The number of carbonyl (C=O) groups is 2. The Morgan fingerprint density at radius 1 is 0.846 bits per heavy atom. The van der Waals surface area contributed by atoms with Gasteiger partial charge in [0.05, 0.1) is 38.3 Å². The zero-order chi connectivity index (χ0) is 20.9. The van der Waals surface area contributed by atoms with Crippen LogP contribution in [-0.4, -0.2) is 48.6 Å². The van der Waals surface area contributed by atoms with Crippen molar-refractivity contribution in [3.8, 4) is 0 Å². The maximum atomic E-state index is 11.2. The average Bonchev–Trinajstić information content (AvgIpc) is 2.53. The van der Waals surface area contributed by atoms with Crippen LogP contribution in [0.15, 0.2) is 11.6 Å². The van der Waals surface area contributed by atoms with Crippen molar-refractivity contribution in [3.05, 3.63) is 11.6 Å². The molecule has 2 N–H and O–H groups in total. The van der Waals surface area contributed by atoms with E-state index in [-0.39, 0.29) is 17.9 Å². The molecule has 0 amide bonds. The number of hydrogen-bond acceptors (Lipinski definition) is 6. The summed E-state index contributed by atoms with van der Waals surface area (Å²) < 4.78 is 9.18. The van der Waals surface area contributed by atoms with Crippen LogP contribution in [0.5, 0.6) is 0 Å². The largest absolute Gasteiger partial charge is 0.469 e. The molecule has 0 spiro atoms. The molecule has 0 aromatic carbocycles. The quantitative estimate of drug-likeness (QED) is 0.476. The minimum atomic E-state index is -0.664. The van der Waals surface area contributed by atoms with E-state index in [9.17, 15) is 19.8 Å². The number of hydrogen-bond donors (Lipinski definition) is 2. The van der Waals surface area contributed by atoms with Gasteiger partial charge in [0.2, 0.25) is 0 Å². The number of aliphatic hydroxyl groups is 2. The van der Waals surface area contributed by atoms with Crippen molar-refractivity contribution in [3.63, 3.8) is 0 Å². The topological polar surface area (TPSA) is 93.1 Å². The molecule has 0 heterocycles. The summed E-state index contributed by atoms with van der Waals surface area (Å²) in [5.41, 5.74) is 1.13. The molecule has 154 valence electrons. The van der Waals surface area contributed by atoms with E-state index >= 15 is 0 Å². The molecule has 0 aliphatic heterocycles. The molecule has 0 unspecified atom stereocenters. The summed E-state index contributed by atoms with van der Waals surface area (Å²) in [4.78, 5) is 22.3. The minimum absolute atomic E-state index is 0.310. The molecule has 0 aliphatic carbocycles. The van der Waals surface area contributed by atoms with Crippen LogP contribution in [0.3, 0.4) is 0 Å². The zero-order valence-corrected chi connectivity index (χ0v) is 17.6. The van der Waals surface area contributed by atoms with Crippen LogP contribution in [0, 0.1) is 17.8 Å². The summed E-state index contributed by atoms with van der Waals surface area (Å²) in [6.07, 6.45) is 2.81. The van der Waals surface area contributed by atoms with E-state index in [1.807, 2.05) is 19.9 Å². The number of carbonyl (C=O) groups excluding carboxylic acids is 2. The van der Waals surface area contributed by atoms with Crippen LogP contribution >= 0.6 is 0 Å².